The Hall–Kier alpha value is -2.66. The number of hydrogen-bond donors (Lipinski definition) is 1. The minimum atomic E-state index is -0.466. The number of amides is 1. The second kappa shape index (κ2) is 8.84. The number of rotatable bonds is 7. The Morgan fingerprint density at radius 1 is 1.21 bits per heavy atom. The summed E-state index contributed by atoms with van der Waals surface area (Å²) in [5.74, 6) is -0.235. The van der Waals surface area contributed by atoms with Gasteiger partial charge in [0.25, 0.3) is 5.69 Å². The average Bonchev–Trinajstić information content (AvgIpc) is 2.58. The number of nitro benzene ring substituents is 1. The number of carbonyl (C=O) groups is 1. The Labute approximate surface area is 145 Å². The van der Waals surface area contributed by atoms with Crippen molar-refractivity contribution in [3.63, 3.8) is 0 Å². The van der Waals surface area contributed by atoms with Crippen LogP contribution in [0.4, 0.5) is 5.69 Å². The third-order valence-corrected chi connectivity index (χ3v) is 3.76. The van der Waals surface area contributed by atoms with E-state index in [1.165, 1.54) is 18.2 Å². The lowest BCUT2D eigenvalue weighted by Crippen LogP contribution is -2.22. The number of nitrogens with one attached hydrogen (secondary N) is 1. The smallest absolute Gasteiger partial charge is 0.270 e. The second-order valence-electron chi connectivity index (χ2n) is 5.17. The van der Waals surface area contributed by atoms with Crippen LogP contribution in [0.5, 0.6) is 0 Å². The summed E-state index contributed by atoms with van der Waals surface area (Å²) >= 11 is 6.07. The Kier molecular flexibility index (Phi) is 6.51. The van der Waals surface area contributed by atoms with Gasteiger partial charge in [0, 0.05) is 29.8 Å². The number of carbonyl (C=O) groups excluding carboxylic acids is 1. The summed E-state index contributed by atoms with van der Waals surface area (Å²) in [5.41, 5.74) is 1.66. The molecule has 24 heavy (non-hydrogen) atoms. The number of nitro groups is 1. The van der Waals surface area contributed by atoms with Crippen LogP contribution in [0, 0.1) is 10.1 Å². The highest BCUT2D eigenvalue weighted by molar-refractivity contribution is 6.31. The Morgan fingerprint density at radius 2 is 2.00 bits per heavy atom. The van der Waals surface area contributed by atoms with Crippen molar-refractivity contribution in [2.24, 2.45) is 0 Å². The molecule has 6 heteroatoms. The van der Waals surface area contributed by atoms with Crippen LogP contribution in [-0.4, -0.2) is 17.4 Å². The van der Waals surface area contributed by atoms with Gasteiger partial charge in [-0.15, -0.1) is 0 Å². The minimum Gasteiger partial charge on any atom is -0.353 e. The number of aryl methyl sites for hydroxylation is 1. The molecule has 2 aromatic carbocycles. The van der Waals surface area contributed by atoms with E-state index in [0.29, 0.717) is 12.1 Å². The van der Waals surface area contributed by atoms with E-state index in [4.69, 9.17) is 11.6 Å². The van der Waals surface area contributed by atoms with Gasteiger partial charge in [0.05, 0.1) is 4.92 Å². The summed E-state index contributed by atoms with van der Waals surface area (Å²) < 4.78 is 0. The lowest BCUT2D eigenvalue weighted by atomic mass is 10.1. The predicted molar refractivity (Wildman–Crippen MR) is 94.9 cm³/mol. The molecular formula is C18H17ClN2O3. The molecule has 0 aliphatic heterocycles. The Bertz CT molecular complexity index is 759. The molecule has 0 fully saturated rings. The molecule has 1 amide bonds. The molecule has 2 rings (SSSR count). The quantitative estimate of drug-likeness (QED) is 0.357. The van der Waals surface area contributed by atoms with Crippen molar-refractivity contribution in [3.8, 4) is 0 Å². The van der Waals surface area contributed by atoms with E-state index in [-0.39, 0.29) is 11.6 Å². The van der Waals surface area contributed by atoms with E-state index in [0.717, 1.165) is 23.4 Å². The molecule has 0 aliphatic rings. The van der Waals surface area contributed by atoms with Crippen molar-refractivity contribution < 1.29 is 9.72 Å². The fourth-order valence-corrected chi connectivity index (χ4v) is 2.39. The number of benzene rings is 2. The highest BCUT2D eigenvalue weighted by atomic mass is 35.5. The highest BCUT2D eigenvalue weighted by Crippen LogP contribution is 2.16. The van der Waals surface area contributed by atoms with E-state index in [2.05, 4.69) is 5.32 Å². The molecule has 2 aromatic rings. The van der Waals surface area contributed by atoms with Gasteiger partial charge < -0.3 is 5.32 Å². The molecular weight excluding hydrogens is 328 g/mol. The maximum absolute atomic E-state index is 11.8. The SMILES string of the molecule is O=C(/C=C/c1cccc([N+](=O)[O-])c1)NCCCc1ccccc1Cl. The maximum atomic E-state index is 11.8. The summed E-state index contributed by atoms with van der Waals surface area (Å²) in [4.78, 5) is 22.0. The minimum absolute atomic E-state index is 0.00250. The molecule has 0 spiro atoms. The topological polar surface area (TPSA) is 72.2 Å². The van der Waals surface area contributed by atoms with E-state index < -0.39 is 4.92 Å². The number of nitrogens with zero attached hydrogens (tertiary/aromatic N) is 1. The Morgan fingerprint density at radius 3 is 2.75 bits per heavy atom. The molecule has 124 valence electrons. The van der Waals surface area contributed by atoms with Gasteiger partial charge >= 0.3 is 0 Å². The van der Waals surface area contributed by atoms with Gasteiger partial charge in [-0.3, -0.25) is 14.9 Å². The molecule has 0 radical (unpaired) electrons. The first-order valence-corrected chi connectivity index (χ1v) is 7.88. The normalized spacial score (nSPS) is 10.7. The third kappa shape index (κ3) is 5.52. The van der Waals surface area contributed by atoms with Crippen LogP contribution in [0.3, 0.4) is 0 Å². The van der Waals surface area contributed by atoms with Gasteiger partial charge in [0.15, 0.2) is 0 Å². The molecule has 0 unspecified atom stereocenters. The highest BCUT2D eigenvalue weighted by Gasteiger charge is 2.04. The summed E-state index contributed by atoms with van der Waals surface area (Å²) in [6, 6.07) is 13.7. The van der Waals surface area contributed by atoms with Crippen LogP contribution in [-0.2, 0) is 11.2 Å². The van der Waals surface area contributed by atoms with Crippen molar-refractivity contribution >= 4 is 29.3 Å². The summed E-state index contributed by atoms with van der Waals surface area (Å²) in [5, 5.41) is 14.2. The standard InChI is InChI=1S/C18H17ClN2O3/c19-17-9-2-1-6-15(17)7-4-12-20-18(22)11-10-14-5-3-8-16(13-14)21(23)24/h1-3,5-6,8-11,13H,4,7,12H2,(H,20,22)/b11-10+. The van der Waals surface area contributed by atoms with Crippen molar-refractivity contribution in [3.05, 3.63) is 80.9 Å². The van der Waals surface area contributed by atoms with Crippen molar-refractivity contribution in [2.75, 3.05) is 6.54 Å². The number of non-ortho nitro benzene ring substituents is 1. The molecule has 0 heterocycles. The first-order valence-electron chi connectivity index (χ1n) is 7.50. The predicted octanol–water partition coefficient (Wildman–Crippen LogP) is 4.01. The second-order valence-corrected chi connectivity index (χ2v) is 5.58. The zero-order chi connectivity index (χ0) is 17.4. The molecule has 1 N–H and O–H groups in total. The molecule has 0 atom stereocenters. The molecule has 5 nitrogen and oxygen atoms in total. The molecule has 0 aromatic heterocycles. The zero-order valence-corrected chi connectivity index (χ0v) is 13.7. The van der Waals surface area contributed by atoms with Gasteiger partial charge in [0.1, 0.15) is 0 Å². The van der Waals surface area contributed by atoms with E-state index in [1.807, 2.05) is 24.3 Å². The first kappa shape index (κ1) is 17.7. The monoisotopic (exact) mass is 344 g/mol. The van der Waals surface area contributed by atoms with Crippen LogP contribution in [0.15, 0.2) is 54.6 Å². The zero-order valence-electron chi connectivity index (χ0n) is 12.9. The molecule has 0 aliphatic carbocycles. The molecule has 0 saturated heterocycles. The van der Waals surface area contributed by atoms with Gasteiger partial charge in [-0.25, -0.2) is 0 Å². The lowest BCUT2D eigenvalue weighted by Gasteiger charge is -2.04. The number of halogens is 1. The van der Waals surface area contributed by atoms with Crippen LogP contribution in [0.2, 0.25) is 5.02 Å². The summed E-state index contributed by atoms with van der Waals surface area (Å²) in [6.45, 7) is 0.531. The fourth-order valence-electron chi connectivity index (χ4n) is 2.16. The summed E-state index contributed by atoms with van der Waals surface area (Å²) in [6.07, 6.45) is 4.49. The maximum Gasteiger partial charge on any atom is 0.270 e. The third-order valence-electron chi connectivity index (χ3n) is 3.39. The van der Waals surface area contributed by atoms with E-state index >= 15 is 0 Å². The van der Waals surface area contributed by atoms with Crippen LogP contribution in [0.1, 0.15) is 17.5 Å². The van der Waals surface area contributed by atoms with Crippen LogP contribution >= 0.6 is 11.6 Å². The van der Waals surface area contributed by atoms with Crippen LogP contribution < -0.4 is 5.32 Å². The Balaban J connectivity index is 1.78. The average molecular weight is 345 g/mol. The first-order chi connectivity index (χ1) is 11.6. The lowest BCUT2D eigenvalue weighted by molar-refractivity contribution is -0.384. The van der Waals surface area contributed by atoms with Crippen molar-refractivity contribution in [2.45, 2.75) is 12.8 Å². The van der Waals surface area contributed by atoms with E-state index in [1.54, 1.807) is 18.2 Å². The fraction of sp³-hybridized carbons (Fsp3) is 0.167. The van der Waals surface area contributed by atoms with Gasteiger partial charge in [-0.2, -0.15) is 0 Å². The van der Waals surface area contributed by atoms with Crippen LogP contribution in [0.25, 0.3) is 6.08 Å². The largest absolute Gasteiger partial charge is 0.353 e. The van der Waals surface area contributed by atoms with Crippen molar-refractivity contribution in [1.29, 1.82) is 0 Å². The van der Waals surface area contributed by atoms with Gasteiger partial charge in [-0.05, 0) is 36.1 Å². The molecule has 0 saturated carbocycles. The van der Waals surface area contributed by atoms with Gasteiger partial charge in [-0.1, -0.05) is 41.9 Å². The van der Waals surface area contributed by atoms with E-state index in [9.17, 15) is 14.9 Å². The van der Waals surface area contributed by atoms with Gasteiger partial charge in [0.2, 0.25) is 5.91 Å². The summed E-state index contributed by atoms with van der Waals surface area (Å²) in [7, 11) is 0. The number of hydrogen-bond acceptors (Lipinski definition) is 3. The van der Waals surface area contributed by atoms with Crippen molar-refractivity contribution in [1.82, 2.24) is 5.32 Å². The molecule has 0 bridgehead atoms.